The first-order valence-corrected chi connectivity index (χ1v) is 8.07. The minimum atomic E-state index is -4.87. The molecule has 0 aliphatic rings. The van der Waals surface area contributed by atoms with E-state index in [1.807, 2.05) is 30.3 Å². The number of carbonyl (C=O) groups excluding carboxylic acids is 1. The smallest absolute Gasteiger partial charge is 0.489 e. The Morgan fingerprint density at radius 2 is 1.56 bits per heavy atom. The van der Waals surface area contributed by atoms with E-state index in [0.29, 0.717) is 29.8 Å². The Balaban J connectivity index is 1.80. The van der Waals surface area contributed by atoms with Crippen molar-refractivity contribution in [2.24, 2.45) is 0 Å². The number of carbonyl (C=O) groups is 1. The molecule has 0 atom stereocenters. The number of rotatable bonds is 6. The Hall–Kier alpha value is -3.28. The summed E-state index contributed by atoms with van der Waals surface area (Å²) in [7, 11) is 0. The first-order chi connectivity index (χ1) is 13.0. The van der Waals surface area contributed by atoms with Crippen molar-refractivity contribution in [1.82, 2.24) is 0 Å². The van der Waals surface area contributed by atoms with Crippen LogP contribution in [0.4, 0.5) is 13.2 Å². The Kier molecular flexibility index (Phi) is 5.45. The van der Waals surface area contributed by atoms with Crippen LogP contribution in [0.25, 0.3) is 11.1 Å². The first-order valence-electron chi connectivity index (χ1n) is 8.07. The highest BCUT2D eigenvalue weighted by atomic mass is 19.4. The molecular formula is C21H15F3O3. The molecule has 3 rings (SSSR count). The van der Waals surface area contributed by atoms with Crippen LogP contribution in [0.2, 0.25) is 0 Å². The number of hydrogen-bond acceptors (Lipinski definition) is 3. The normalized spacial score (nSPS) is 11.1. The fourth-order valence-corrected chi connectivity index (χ4v) is 2.60. The zero-order valence-electron chi connectivity index (χ0n) is 14.1. The van der Waals surface area contributed by atoms with Crippen LogP contribution in [-0.2, 0) is 6.61 Å². The number of hydrogen-bond donors (Lipinski definition) is 0. The minimum Gasteiger partial charge on any atom is -0.489 e. The molecular weight excluding hydrogens is 357 g/mol. The first kappa shape index (κ1) is 18.5. The van der Waals surface area contributed by atoms with Crippen molar-refractivity contribution < 1.29 is 27.4 Å². The summed E-state index contributed by atoms with van der Waals surface area (Å²) in [6.07, 6.45) is -4.51. The molecule has 0 aliphatic carbocycles. The monoisotopic (exact) mass is 372 g/mol. The topological polar surface area (TPSA) is 35.5 Å². The minimum absolute atomic E-state index is 0.159. The summed E-state index contributed by atoms with van der Waals surface area (Å²) < 4.78 is 47.2. The predicted molar refractivity (Wildman–Crippen MR) is 94.7 cm³/mol. The number of alkyl halides is 3. The molecule has 27 heavy (non-hydrogen) atoms. The van der Waals surface area contributed by atoms with Gasteiger partial charge in [0.05, 0.1) is 5.56 Å². The van der Waals surface area contributed by atoms with Gasteiger partial charge in [0.15, 0.2) is 6.29 Å². The van der Waals surface area contributed by atoms with Crippen LogP contribution in [0.5, 0.6) is 11.5 Å². The fourth-order valence-electron chi connectivity index (χ4n) is 2.60. The van der Waals surface area contributed by atoms with Crippen molar-refractivity contribution >= 4 is 6.29 Å². The lowest BCUT2D eigenvalue weighted by Gasteiger charge is -2.14. The van der Waals surface area contributed by atoms with E-state index in [1.165, 1.54) is 6.07 Å². The van der Waals surface area contributed by atoms with Crippen molar-refractivity contribution in [3.63, 3.8) is 0 Å². The standard InChI is InChI=1S/C21H15F3O3/c22-21(23,24)27-20-8-4-7-18(19(20)13-25)16-9-11-17(12-10-16)26-14-15-5-2-1-3-6-15/h1-13H,14H2. The molecule has 0 aliphatic heterocycles. The second kappa shape index (κ2) is 7.95. The van der Waals surface area contributed by atoms with Gasteiger partial charge in [-0.1, -0.05) is 54.6 Å². The second-order valence-corrected chi connectivity index (χ2v) is 5.68. The molecule has 0 fully saturated rings. The molecule has 0 radical (unpaired) electrons. The summed E-state index contributed by atoms with van der Waals surface area (Å²) in [6.45, 7) is 0.398. The Labute approximate surface area is 154 Å². The summed E-state index contributed by atoms with van der Waals surface area (Å²) in [6, 6.07) is 20.5. The average molecular weight is 372 g/mol. The van der Waals surface area contributed by atoms with Gasteiger partial charge in [-0.3, -0.25) is 4.79 Å². The number of ether oxygens (including phenoxy) is 2. The third kappa shape index (κ3) is 4.88. The van der Waals surface area contributed by atoms with E-state index in [1.54, 1.807) is 30.3 Å². The zero-order valence-corrected chi connectivity index (χ0v) is 14.1. The van der Waals surface area contributed by atoms with Crippen LogP contribution in [0.1, 0.15) is 15.9 Å². The van der Waals surface area contributed by atoms with Gasteiger partial charge < -0.3 is 9.47 Å². The van der Waals surface area contributed by atoms with Crippen molar-refractivity contribution in [3.8, 4) is 22.6 Å². The maximum atomic E-state index is 12.5. The van der Waals surface area contributed by atoms with E-state index < -0.39 is 12.1 Å². The maximum absolute atomic E-state index is 12.5. The van der Waals surface area contributed by atoms with E-state index in [0.717, 1.165) is 11.6 Å². The van der Waals surface area contributed by atoms with Gasteiger partial charge in [0.25, 0.3) is 0 Å². The van der Waals surface area contributed by atoms with E-state index in [2.05, 4.69) is 4.74 Å². The Bertz CT molecular complexity index is 904. The summed E-state index contributed by atoms with van der Waals surface area (Å²) >= 11 is 0. The Morgan fingerprint density at radius 3 is 2.19 bits per heavy atom. The predicted octanol–water partition coefficient (Wildman–Crippen LogP) is 5.64. The van der Waals surface area contributed by atoms with Crippen LogP contribution in [0.3, 0.4) is 0 Å². The van der Waals surface area contributed by atoms with Crippen LogP contribution in [0, 0.1) is 0 Å². The third-order valence-corrected chi connectivity index (χ3v) is 3.82. The maximum Gasteiger partial charge on any atom is 0.573 e. The van der Waals surface area contributed by atoms with Gasteiger partial charge in [-0.15, -0.1) is 13.2 Å². The van der Waals surface area contributed by atoms with E-state index in [4.69, 9.17) is 4.74 Å². The number of benzene rings is 3. The van der Waals surface area contributed by atoms with Crippen LogP contribution >= 0.6 is 0 Å². The lowest BCUT2D eigenvalue weighted by molar-refractivity contribution is -0.274. The molecule has 0 saturated heterocycles. The fraction of sp³-hybridized carbons (Fsp3) is 0.0952. The summed E-state index contributed by atoms with van der Waals surface area (Å²) in [5, 5.41) is 0. The molecule has 0 spiro atoms. The summed E-state index contributed by atoms with van der Waals surface area (Å²) in [5.41, 5.74) is 1.78. The highest BCUT2D eigenvalue weighted by molar-refractivity contribution is 5.91. The van der Waals surface area contributed by atoms with Crippen LogP contribution < -0.4 is 9.47 Å². The molecule has 3 aromatic rings. The molecule has 0 heterocycles. The van der Waals surface area contributed by atoms with E-state index >= 15 is 0 Å². The van der Waals surface area contributed by atoms with Crippen LogP contribution in [-0.4, -0.2) is 12.6 Å². The lowest BCUT2D eigenvalue weighted by Crippen LogP contribution is -2.18. The van der Waals surface area contributed by atoms with Gasteiger partial charge in [-0.25, -0.2) is 0 Å². The molecule has 138 valence electrons. The van der Waals surface area contributed by atoms with Gasteiger partial charge in [0.1, 0.15) is 18.1 Å². The lowest BCUT2D eigenvalue weighted by atomic mass is 9.99. The van der Waals surface area contributed by atoms with Gasteiger partial charge in [0.2, 0.25) is 0 Å². The van der Waals surface area contributed by atoms with E-state index in [9.17, 15) is 18.0 Å². The zero-order chi connectivity index (χ0) is 19.3. The highest BCUT2D eigenvalue weighted by Gasteiger charge is 2.32. The molecule has 0 unspecified atom stereocenters. The number of halogens is 3. The highest BCUT2D eigenvalue weighted by Crippen LogP contribution is 2.33. The second-order valence-electron chi connectivity index (χ2n) is 5.68. The van der Waals surface area contributed by atoms with Crippen molar-refractivity contribution in [3.05, 3.63) is 83.9 Å². The molecule has 0 bridgehead atoms. The molecule has 0 amide bonds. The molecule has 6 heteroatoms. The van der Waals surface area contributed by atoms with Gasteiger partial charge >= 0.3 is 6.36 Å². The van der Waals surface area contributed by atoms with Crippen molar-refractivity contribution in [2.45, 2.75) is 13.0 Å². The number of aldehydes is 1. The molecule has 0 saturated carbocycles. The van der Waals surface area contributed by atoms with E-state index in [-0.39, 0.29) is 5.56 Å². The molecule has 3 nitrogen and oxygen atoms in total. The average Bonchev–Trinajstić information content (AvgIpc) is 2.66. The SMILES string of the molecule is O=Cc1c(OC(F)(F)F)cccc1-c1ccc(OCc2ccccc2)cc1. The summed E-state index contributed by atoms with van der Waals surface area (Å²) in [5.74, 6) is 0.0809. The quantitative estimate of drug-likeness (QED) is 0.525. The molecule has 0 aromatic heterocycles. The van der Waals surface area contributed by atoms with Crippen molar-refractivity contribution in [2.75, 3.05) is 0 Å². The molecule has 0 N–H and O–H groups in total. The molecule has 3 aromatic carbocycles. The van der Waals surface area contributed by atoms with Gasteiger partial charge in [-0.05, 0) is 34.9 Å². The largest absolute Gasteiger partial charge is 0.573 e. The van der Waals surface area contributed by atoms with Crippen molar-refractivity contribution in [1.29, 1.82) is 0 Å². The third-order valence-electron chi connectivity index (χ3n) is 3.82. The van der Waals surface area contributed by atoms with Gasteiger partial charge in [-0.2, -0.15) is 0 Å². The van der Waals surface area contributed by atoms with Crippen LogP contribution in [0.15, 0.2) is 72.8 Å². The Morgan fingerprint density at radius 1 is 0.852 bits per heavy atom. The van der Waals surface area contributed by atoms with Gasteiger partial charge in [0, 0.05) is 0 Å². The summed E-state index contributed by atoms with van der Waals surface area (Å²) in [4.78, 5) is 11.4.